The van der Waals surface area contributed by atoms with E-state index in [1.807, 2.05) is 6.92 Å². The van der Waals surface area contributed by atoms with Gasteiger partial charge >= 0.3 is 5.97 Å². The van der Waals surface area contributed by atoms with Crippen LogP contribution in [0.2, 0.25) is 0 Å². The van der Waals surface area contributed by atoms with Crippen molar-refractivity contribution in [2.24, 2.45) is 17.3 Å². The Morgan fingerprint density at radius 3 is 2.67 bits per heavy atom. The Balaban J connectivity index is 1.61. The largest absolute Gasteiger partial charge is 0.481 e. The maximum atomic E-state index is 11.4. The first kappa shape index (κ1) is 12.5. The molecule has 2 saturated carbocycles. The van der Waals surface area contributed by atoms with Crippen molar-refractivity contribution in [3.05, 3.63) is 0 Å². The lowest BCUT2D eigenvalue weighted by Crippen LogP contribution is -2.49. The van der Waals surface area contributed by atoms with Crippen molar-refractivity contribution in [3.63, 3.8) is 0 Å². The first-order valence-electron chi connectivity index (χ1n) is 7.64. The van der Waals surface area contributed by atoms with E-state index in [1.165, 1.54) is 25.7 Å². The van der Waals surface area contributed by atoms with E-state index in [1.54, 1.807) is 0 Å². The molecule has 0 radical (unpaired) electrons. The number of fused-ring (bicyclic) bond motifs is 1. The Kier molecular flexibility index (Phi) is 3.13. The molecular formula is C15H25NO2. The average Bonchev–Trinajstić information content (AvgIpc) is 3.17. The number of likely N-dealkylation sites (tertiary alicyclic amines) is 1. The van der Waals surface area contributed by atoms with Crippen LogP contribution in [0.5, 0.6) is 0 Å². The summed E-state index contributed by atoms with van der Waals surface area (Å²) in [7, 11) is 0. The van der Waals surface area contributed by atoms with Gasteiger partial charge in [0.2, 0.25) is 0 Å². The van der Waals surface area contributed by atoms with Crippen LogP contribution in [0.4, 0.5) is 0 Å². The number of carboxylic acids is 1. The maximum absolute atomic E-state index is 11.4. The molecule has 3 aliphatic rings. The predicted octanol–water partition coefficient (Wildman–Crippen LogP) is 2.75. The van der Waals surface area contributed by atoms with Crippen LogP contribution in [-0.4, -0.2) is 35.1 Å². The topological polar surface area (TPSA) is 40.5 Å². The van der Waals surface area contributed by atoms with E-state index in [4.69, 9.17) is 0 Å². The Labute approximate surface area is 110 Å². The Bertz CT molecular complexity index is 333. The first-order chi connectivity index (χ1) is 8.66. The van der Waals surface area contributed by atoms with Gasteiger partial charge in [-0.3, -0.25) is 4.79 Å². The SMILES string of the molecule is CCC1(C(=O)O)CCN(C2CCCC3CC32)CC1. The third kappa shape index (κ3) is 1.97. The highest BCUT2D eigenvalue weighted by Crippen LogP contribution is 2.52. The molecule has 3 fully saturated rings. The standard InChI is InChI=1S/C15H25NO2/c1-2-15(14(17)18)6-8-16(9-7-15)13-5-3-4-11-10-12(11)13/h11-13H,2-10H2,1H3,(H,17,18). The van der Waals surface area contributed by atoms with Gasteiger partial charge in [0.1, 0.15) is 0 Å². The number of aliphatic carboxylic acids is 1. The van der Waals surface area contributed by atoms with Gasteiger partial charge in [-0.15, -0.1) is 0 Å². The first-order valence-corrected chi connectivity index (χ1v) is 7.64. The van der Waals surface area contributed by atoms with E-state index in [9.17, 15) is 9.90 Å². The van der Waals surface area contributed by atoms with Crippen LogP contribution in [0.15, 0.2) is 0 Å². The molecule has 3 unspecified atom stereocenters. The molecule has 0 amide bonds. The van der Waals surface area contributed by atoms with Gasteiger partial charge in [-0.2, -0.15) is 0 Å². The Hall–Kier alpha value is -0.570. The van der Waals surface area contributed by atoms with E-state index in [2.05, 4.69) is 4.90 Å². The summed E-state index contributed by atoms with van der Waals surface area (Å²) in [6.45, 7) is 4.05. The number of carbonyl (C=O) groups is 1. The smallest absolute Gasteiger partial charge is 0.309 e. The second-order valence-electron chi connectivity index (χ2n) is 6.63. The van der Waals surface area contributed by atoms with Gasteiger partial charge in [-0.1, -0.05) is 19.8 Å². The van der Waals surface area contributed by atoms with E-state index >= 15 is 0 Å². The zero-order chi connectivity index (χ0) is 12.8. The molecule has 3 nitrogen and oxygen atoms in total. The molecule has 1 N–H and O–H groups in total. The van der Waals surface area contributed by atoms with Crippen LogP contribution in [0, 0.1) is 17.3 Å². The summed E-state index contributed by atoms with van der Waals surface area (Å²) in [5, 5.41) is 9.43. The van der Waals surface area contributed by atoms with Gasteiger partial charge in [0.25, 0.3) is 0 Å². The van der Waals surface area contributed by atoms with Gasteiger partial charge in [-0.05, 0) is 57.0 Å². The normalized spacial score (nSPS) is 39.1. The monoisotopic (exact) mass is 251 g/mol. The van der Waals surface area contributed by atoms with Gasteiger partial charge in [-0.25, -0.2) is 0 Å². The third-order valence-electron chi connectivity index (χ3n) is 5.90. The second kappa shape index (κ2) is 4.52. The van der Waals surface area contributed by atoms with E-state index < -0.39 is 11.4 Å². The predicted molar refractivity (Wildman–Crippen MR) is 70.4 cm³/mol. The van der Waals surface area contributed by atoms with Gasteiger partial charge in [0.15, 0.2) is 0 Å². The summed E-state index contributed by atoms with van der Waals surface area (Å²) in [6, 6.07) is 0.785. The molecule has 3 rings (SSSR count). The Morgan fingerprint density at radius 1 is 1.33 bits per heavy atom. The molecule has 0 spiro atoms. The van der Waals surface area contributed by atoms with Gasteiger partial charge in [0, 0.05) is 6.04 Å². The molecule has 0 aromatic heterocycles. The maximum Gasteiger partial charge on any atom is 0.309 e. The molecule has 1 aliphatic heterocycles. The van der Waals surface area contributed by atoms with Gasteiger partial charge < -0.3 is 10.0 Å². The van der Waals surface area contributed by atoms with Crippen LogP contribution in [0.1, 0.15) is 51.9 Å². The molecule has 3 atom stereocenters. The lowest BCUT2D eigenvalue weighted by molar-refractivity contribution is -0.152. The van der Waals surface area contributed by atoms with Crippen molar-refractivity contribution < 1.29 is 9.90 Å². The third-order valence-corrected chi connectivity index (χ3v) is 5.90. The number of hydrogen-bond donors (Lipinski definition) is 1. The minimum Gasteiger partial charge on any atom is -0.481 e. The number of piperidine rings is 1. The van der Waals surface area contributed by atoms with Crippen molar-refractivity contribution in [2.45, 2.75) is 57.9 Å². The van der Waals surface area contributed by atoms with Crippen molar-refractivity contribution in [1.82, 2.24) is 4.90 Å². The zero-order valence-electron chi connectivity index (χ0n) is 11.4. The molecule has 102 valence electrons. The molecule has 1 heterocycles. The summed E-state index contributed by atoms with van der Waals surface area (Å²) < 4.78 is 0. The Morgan fingerprint density at radius 2 is 2.06 bits per heavy atom. The van der Waals surface area contributed by atoms with Gasteiger partial charge in [0.05, 0.1) is 5.41 Å². The minimum atomic E-state index is -0.572. The zero-order valence-corrected chi connectivity index (χ0v) is 11.4. The molecule has 0 bridgehead atoms. The van der Waals surface area contributed by atoms with E-state index in [0.717, 1.165) is 50.2 Å². The lowest BCUT2D eigenvalue weighted by Gasteiger charge is -2.43. The summed E-state index contributed by atoms with van der Waals surface area (Å²) in [5.74, 6) is 1.40. The van der Waals surface area contributed by atoms with Crippen LogP contribution in [0.3, 0.4) is 0 Å². The van der Waals surface area contributed by atoms with Crippen molar-refractivity contribution in [3.8, 4) is 0 Å². The molecule has 1 saturated heterocycles. The van der Waals surface area contributed by atoms with Crippen molar-refractivity contribution in [1.29, 1.82) is 0 Å². The quantitative estimate of drug-likeness (QED) is 0.838. The fraction of sp³-hybridized carbons (Fsp3) is 0.933. The van der Waals surface area contributed by atoms with E-state index in [0.29, 0.717) is 0 Å². The van der Waals surface area contributed by atoms with Crippen LogP contribution >= 0.6 is 0 Å². The fourth-order valence-corrected chi connectivity index (χ4v) is 4.33. The molecule has 0 aromatic carbocycles. The minimum absolute atomic E-state index is 0.423. The molecule has 3 heteroatoms. The van der Waals surface area contributed by atoms with E-state index in [-0.39, 0.29) is 0 Å². The highest BCUT2D eigenvalue weighted by atomic mass is 16.4. The second-order valence-corrected chi connectivity index (χ2v) is 6.63. The summed E-state index contributed by atoms with van der Waals surface area (Å²) in [4.78, 5) is 14.1. The molecule has 18 heavy (non-hydrogen) atoms. The number of rotatable bonds is 3. The number of hydrogen-bond acceptors (Lipinski definition) is 2. The van der Waals surface area contributed by atoms with Crippen LogP contribution in [-0.2, 0) is 4.79 Å². The van der Waals surface area contributed by atoms with Crippen LogP contribution < -0.4 is 0 Å². The van der Waals surface area contributed by atoms with Crippen LogP contribution in [0.25, 0.3) is 0 Å². The number of carboxylic acid groups (broad SMARTS) is 1. The highest BCUT2D eigenvalue weighted by Gasteiger charge is 2.49. The van der Waals surface area contributed by atoms with Crippen molar-refractivity contribution in [2.75, 3.05) is 13.1 Å². The summed E-state index contributed by atoms with van der Waals surface area (Å²) in [6.07, 6.45) is 8.13. The number of nitrogens with zero attached hydrogens (tertiary/aromatic N) is 1. The highest BCUT2D eigenvalue weighted by molar-refractivity contribution is 5.74. The summed E-state index contributed by atoms with van der Waals surface area (Å²) >= 11 is 0. The molecule has 2 aliphatic carbocycles. The fourth-order valence-electron chi connectivity index (χ4n) is 4.33. The van der Waals surface area contributed by atoms with Crippen molar-refractivity contribution >= 4 is 5.97 Å². The lowest BCUT2D eigenvalue weighted by atomic mass is 9.75. The summed E-state index contributed by atoms with van der Waals surface area (Å²) in [5.41, 5.74) is -0.423. The molecular weight excluding hydrogens is 226 g/mol. The molecule has 0 aromatic rings. The average molecular weight is 251 g/mol.